The monoisotopic (exact) mass is 478 g/mol. The molecule has 188 valence electrons. The van der Waals surface area contributed by atoms with Crippen LogP contribution in [-0.4, -0.2) is 36.5 Å². The van der Waals surface area contributed by atoms with Gasteiger partial charge in [-0.2, -0.15) is 0 Å². The minimum absolute atomic E-state index is 0.0588. The van der Waals surface area contributed by atoms with Gasteiger partial charge in [0, 0.05) is 18.6 Å². The van der Waals surface area contributed by atoms with Gasteiger partial charge in [0.25, 0.3) is 0 Å². The van der Waals surface area contributed by atoms with E-state index in [-0.39, 0.29) is 18.7 Å². The normalized spacial score (nSPS) is 17.3. The molecule has 0 atom stereocenters. The minimum atomic E-state index is -0.573. The molecule has 7 heteroatoms. The first-order chi connectivity index (χ1) is 16.3. The standard InChI is InChI=1S/C28H39BN2O4/c1-26(2,3)31-18-22-15-13-21(14-16-22)17-24(29-34-27(4,5)28(6,7)35-29)19-30-25(32)33-20-23-11-9-8-10-12-23/h8-17,31H,18-20H2,1-7H3,(H,30,32). The van der Waals surface area contributed by atoms with Gasteiger partial charge in [-0.05, 0) is 70.6 Å². The molecular weight excluding hydrogens is 439 g/mol. The summed E-state index contributed by atoms with van der Waals surface area (Å²) >= 11 is 0. The summed E-state index contributed by atoms with van der Waals surface area (Å²) in [7, 11) is -0.573. The van der Waals surface area contributed by atoms with Crippen molar-refractivity contribution in [2.75, 3.05) is 6.54 Å². The van der Waals surface area contributed by atoms with Gasteiger partial charge in [-0.1, -0.05) is 60.7 Å². The van der Waals surface area contributed by atoms with Crippen LogP contribution in [0.2, 0.25) is 0 Å². The van der Waals surface area contributed by atoms with E-state index in [2.05, 4.69) is 55.7 Å². The van der Waals surface area contributed by atoms with Crippen molar-refractivity contribution >= 4 is 19.3 Å². The Balaban J connectivity index is 1.70. The van der Waals surface area contributed by atoms with Crippen LogP contribution in [-0.2, 0) is 27.2 Å². The lowest BCUT2D eigenvalue weighted by Gasteiger charge is -2.32. The average Bonchev–Trinajstić information content (AvgIpc) is 3.01. The van der Waals surface area contributed by atoms with E-state index in [0.717, 1.165) is 23.1 Å². The highest BCUT2D eigenvalue weighted by molar-refractivity contribution is 6.56. The summed E-state index contributed by atoms with van der Waals surface area (Å²) in [5, 5.41) is 6.35. The number of carbonyl (C=O) groups excluding carboxylic acids is 1. The van der Waals surface area contributed by atoms with Crippen LogP contribution in [0.4, 0.5) is 4.79 Å². The van der Waals surface area contributed by atoms with E-state index in [4.69, 9.17) is 14.0 Å². The SMILES string of the molecule is CC(C)(C)NCc1ccc(C=C(CNC(=O)OCc2ccccc2)B2OC(C)(C)C(C)(C)O2)cc1. The second-order valence-electron chi connectivity index (χ2n) is 11.1. The number of nitrogens with one attached hydrogen (secondary N) is 2. The molecule has 1 aliphatic heterocycles. The van der Waals surface area contributed by atoms with E-state index >= 15 is 0 Å². The third-order valence-electron chi connectivity index (χ3n) is 6.36. The van der Waals surface area contributed by atoms with Crippen molar-refractivity contribution in [3.05, 3.63) is 76.8 Å². The highest BCUT2D eigenvalue weighted by Gasteiger charge is 2.52. The Kier molecular flexibility index (Phi) is 8.47. The molecule has 6 nitrogen and oxygen atoms in total. The Morgan fingerprint density at radius 1 is 0.943 bits per heavy atom. The fraction of sp³-hybridized carbons (Fsp3) is 0.464. The molecule has 2 N–H and O–H groups in total. The summed E-state index contributed by atoms with van der Waals surface area (Å²) in [4.78, 5) is 12.4. The highest BCUT2D eigenvalue weighted by atomic mass is 16.7. The van der Waals surface area contributed by atoms with Crippen molar-refractivity contribution < 1.29 is 18.8 Å². The lowest BCUT2D eigenvalue weighted by Crippen LogP contribution is -2.41. The van der Waals surface area contributed by atoms with Crippen molar-refractivity contribution in [2.45, 2.75) is 78.4 Å². The second-order valence-corrected chi connectivity index (χ2v) is 11.1. The molecule has 2 aromatic carbocycles. The molecule has 2 aromatic rings. The first kappa shape index (κ1) is 27.0. The van der Waals surface area contributed by atoms with Gasteiger partial charge in [-0.25, -0.2) is 4.79 Å². The lowest BCUT2D eigenvalue weighted by molar-refractivity contribution is 0.00578. The first-order valence-electron chi connectivity index (χ1n) is 12.2. The highest BCUT2D eigenvalue weighted by Crippen LogP contribution is 2.38. The minimum Gasteiger partial charge on any atom is -0.445 e. The molecule has 3 rings (SSSR count). The predicted molar refractivity (Wildman–Crippen MR) is 142 cm³/mol. The molecule has 1 fully saturated rings. The van der Waals surface area contributed by atoms with Crippen LogP contribution >= 0.6 is 0 Å². The Bertz CT molecular complexity index is 996. The van der Waals surface area contributed by atoms with Gasteiger partial charge in [-0.15, -0.1) is 0 Å². The van der Waals surface area contributed by atoms with E-state index in [1.165, 1.54) is 5.56 Å². The van der Waals surface area contributed by atoms with Crippen LogP contribution in [0.1, 0.15) is 65.2 Å². The van der Waals surface area contributed by atoms with Gasteiger partial charge in [0.1, 0.15) is 6.61 Å². The fourth-order valence-electron chi connectivity index (χ4n) is 3.46. The largest absolute Gasteiger partial charge is 0.492 e. The van der Waals surface area contributed by atoms with Crippen LogP contribution in [0.25, 0.3) is 6.08 Å². The molecule has 1 saturated heterocycles. The maximum absolute atomic E-state index is 12.4. The molecule has 0 spiro atoms. The Labute approximate surface area is 210 Å². The number of hydrogen-bond acceptors (Lipinski definition) is 5. The van der Waals surface area contributed by atoms with Gasteiger partial charge in [-0.3, -0.25) is 0 Å². The van der Waals surface area contributed by atoms with E-state index in [1.54, 1.807) is 0 Å². The molecule has 35 heavy (non-hydrogen) atoms. The zero-order valence-corrected chi connectivity index (χ0v) is 22.1. The number of amides is 1. The number of carbonyl (C=O) groups is 1. The molecule has 0 aliphatic carbocycles. The predicted octanol–water partition coefficient (Wildman–Crippen LogP) is 5.52. The zero-order chi connectivity index (χ0) is 25.7. The molecule has 1 amide bonds. The third kappa shape index (κ3) is 7.96. The van der Waals surface area contributed by atoms with Crippen LogP contribution < -0.4 is 10.6 Å². The van der Waals surface area contributed by atoms with Gasteiger partial charge in [0.15, 0.2) is 0 Å². The number of ether oxygens (including phenoxy) is 1. The average molecular weight is 478 g/mol. The lowest BCUT2D eigenvalue weighted by atomic mass is 9.77. The molecule has 0 radical (unpaired) electrons. The topological polar surface area (TPSA) is 68.8 Å². The zero-order valence-electron chi connectivity index (χ0n) is 22.1. The van der Waals surface area contributed by atoms with Gasteiger partial charge < -0.3 is 24.7 Å². The van der Waals surface area contributed by atoms with Crippen LogP contribution in [0, 0.1) is 0 Å². The molecule has 0 bridgehead atoms. The summed E-state index contributed by atoms with van der Waals surface area (Å²) in [6.07, 6.45) is 1.53. The van der Waals surface area contributed by atoms with Crippen molar-refractivity contribution in [2.24, 2.45) is 0 Å². The number of alkyl carbamates (subject to hydrolysis) is 1. The number of benzene rings is 2. The van der Waals surface area contributed by atoms with Gasteiger partial charge >= 0.3 is 13.2 Å². The van der Waals surface area contributed by atoms with E-state index in [9.17, 15) is 4.79 Å². The second kappa shape index (κ2) is 11.0. The van der Waals surface area contributed by atoms with Crippen molar-refractivity contribution in [1.82, 2.24) is 10.6 Å². The summed E-state index contributed by atoms with van der Waals surface area (Å²) in [5.41, 5.74) is 3.07. The maximum Gasteiger partial charge on any atom is 0.492 e. The molecule has 1 aliphatic rings. The smallest absolute Gasteiger partial charge is 0.445 e. The van der Waals surface area contributed by atoms with Crippen molar-refractivity contribution in [3.8, 4) is 0 Å². The Morgan fingerprint density at radius 3 is 2.11 bits per heavy atom. The number of rotatable bonds is 8. The van der Waals surface area contributed by atoms with Crippen LogP contribution in [0.15, 0.2) is 60.1 Å². The molecule has 0 saturated carbocycles. The number of hydrogen-bond donors (Lipinski definition) is 2. The van der Waals surface area contributed by atoms with E-state index < -0.39 is 24.4 Å². The molecular formula is C28H39BN2O4. The van der Waals surface area contributed by atoms with Crippen molar-refractivity contribution in [1.29, 1.82) is 0 Å². The third-order valence-corrected chi connectivity index (χ3v) is 6.36. The maximum atomic E-state index is 12.4. The van der Waals surface area contributed by atoms with E-state index in [0.29, 0.717) is 0 Å². The molecule has 1 heterocycles. The molecule has 0 aromatic heterocycles. The van der Waals surface area contributed by atoms with E-state index in [1.807, 2.05) is 64.1 Å². The fourth-order valence-corrected chi connectivity index (χ4v) is 3.46. The van der Waals surface area contributed by atoms with Gasteiger partial charge in [0.05, 0.1) is 11.2 Å². The summed E-state index contributed by atoms with van der Waals surface area (Å²) in [6, 6.07) is 18.0. The summed E-state index contributed by atoms with van der Waals surface area (Å²) in [5.74, 6) is 0. The van der Waals surface area contributed by atoms with Crippen LogP contribution in [0.3, 0.4) is 0 Å². The first-order valence-corrected chi connectivity index (χ1v) is 12.2. The quantitative estimate of drug-likeness (QED) is 0.490. The van der Waals surface area contributed by atoms with Gasteiger partial charge in [0.2, 0.25) is 0 Å². The molecule has 0 unspecified atom stereocenters. The Morgan fingerprint density at radius 2 is 1.54 bits per heavy atom. The van der Waals surface area contributed by atoms with Crippen molar-refractivity contribution in [3.63, 3.8) is 0 Å². The summed E-state index contributed by atoms with van der Waals surface area (Å²) in [6.45, 7) is 15.8. The van der Waals surface area contributed by atoms with Crippen LogP contribution in [0.5, 0.6) is 0 Å². The summed E-state index contributed by atoms with van der Waals surface area (Å²) < 4.78 is 17.9. The Hall–Kier alpha value is -2.61.